The van der Waals surface area contributed by atoms with Crippen molar-refractivity contribution >= 4 is 23.4 Å². The van der Waals surface area contributed by atoms with Gasteiger partial charge in [0.05, 0.1) is 13.2 Å². The molecule has 0 fully saturated rings. The van der Waals surface area contributed by atoms with Crippen LogP contribution in [0.5, 0.6) is 11.5 Å². The molecule has 0 aliphatic rings. The van der Waals surface area contributed by atoms with Gasteiger partial charge in [-0.1, -0.05) is 35.9 Å². The lowest BCUT2D eigenvalue weighted by atomic mass is 10.1. The number of halogens is 1. The lowest BCUT2D eigenvalue weighted by Crippen LogP contribution is -2.52. The number of hydrogen-bond acceptors (Lipinski definition) is 4. The van der Waals surface area contributed by atoms with E-state index in [0.717, 1.165) is 11.1 Å². The summed E-state index contributed by atoms with van der Waals surface area (Å²) >= 11 is 6.36. The Morgan fingerprint density at radius 1 is 1.03 bits per heavy atom. The van der Waals surface area contributed by atoms with Crippen LogP contribution in [0, 0.1) is 0 Å². The Kier molecular flexibility index (Phi) is 10.2. The quantitative estimate of drug-likeness (QED) is 0.459. The molecule has 0 saturated heterocycles. The van der Waals surface area contributed by atoms with Gasteiger partial charge in [-0.2, -0.15) is 0 Å². The molecule has 0 saturated carbocycles. The van der Waals surface area contributed by atoms with Crippen molar-refractivity contribution in [3.63, 3.8) is 0 Å². The summed E-state index contributed by atoms with van der Waals surface area (Å²) in [5, 5.41) is 3.54. The largest absolute Gasteiger partial charge is 0.490 e. The fraction of sp³-hybridized carbons (Fsp3) is 0.481. The molecule has 0 aliphatic carbocycles. The molecule has 0 aliphatic heterocycles. The number of benzene rings is 2. The molecule has 2 rings (SSSR count). The molecule has 1 atom stereocenters. The van der Waals surface area contributed by atoms with Gasteiger partial charge in [-0.3, -0.25) is 9.59 Å². The Hall–Kier alpha value is -2.73. The SMILES string of the molecule is CCOc1ccc(CCC(=O)N(Cc2ccccc2Cl)[C@@H](C)C(=O)NC(C)(C)C)cc1OCC. The van der Waals surface area contributed by atoms with Crippen molar-refractivity contribution < 1.29 is 19.1 Å². The molecule has 0 radical (unpaired) electrons. The third-order valence-corrected chi connectivity index (χ3v) is 5.57. The Labute approximate surface area is 208 Å². The number of nitrogens with one attached hydrogen (secondary N) is 1. The summed E-state index contributed by atoms with van der Waals surface area (Å²) < 4.78 is 11.3. The lowest BCUT2D eigenvalue weighted by Gasteiger charge is -2.31. The first-order valence-corrected chi connectivity index (χ1v) is 12.2. The minimum Gasteiger partial charge on any atom is -0.490 e. The van der Waals surface area contributed by atoms with Gasteiger partial charge in [0, 0.05) is 23.5 Å². The van der Waals surface area contributed by atoms with E-state index < -0.39 is 11.6 Å². The van der Waals surface area contributed by atoms with Crippen LogP contribution < -0.4 is 14.8 Å². The van der Waals surface area contributed by atoms with Gasteiger partial charge in [0.1, 0.15) is 6.04 Å². The molecule has 1 N–H and O–H groups in total. The molecule has 0 aromatic heterocycles. The molecule has 2 aromatic carbocycles. The van der Waals surface area contributed by atoms with Crippen LogP contribution in [-0.4, -0.2) is 41.5 Å². The van der Waals surface area contributed by atoms with E-state index in [0.29, 0.717) is 36.2 Å². The Bertz CT molecular complexity index is 971. The van der Waals surface area contributed by atoms with Crippen LogP contribution in [0.15, 0.2) is 42.5 Å². The van der Waals surface area contributed by atoms with Gasteiger partial charge in [-0.15, -0.1) is 0 Å². The number of carbonyl (C=O) groups is 2. The molecule has 0 heterocycles. The predicted octanol–water partition coefficient (Wildman–Crippen LogP) is 5.40. The molecule has 2 amide bonds. The highest BCUT2D eigenvalue weighted by Gasteiger charge is 2.28. The number of ether oxygens (including phenoxy) is 2. The van der Waals surface area contributed by atoms with E-state index in [9.17, 15) is 9.59 Å². The van der Waals surface area contributed by atoms with Crippen molar-refractivity contribution in [3.05, 3.63) is 58.6 Å². The first-order chi connectivity index (χ1) is 16.1. The predicted molar refractivity (Wildman–Crippen MR) is 136 cm³/mol. The maximum absolute atomic E-state index is 13.4. The zero-order valence-electron chi connectivity index (χ0n) is 21.1. The van der Waals surface area contributed by atoms with Gasteiger partial charge in [0.15, 0.2) is 11.5 Å². The standard InChI is InChI=1S/C27H37ClN2O4/c1-7-33-23-15-13-20(17-24(23)34-8-2)14-16-25(31)30(18-21-11-9-10-12-22(21)28)19(3)26(32)29-27(4,5)6/h9-13,15,17,19H,7-8,14,16,18H2,1-6H3,(H,29,32)/t19-/m0/s1. The summed E-state index contributed by atoms with van der Waals surface area (Å²) in [5.74, 6) is 1.03. The summed E-state index contributed by atoms with van der Waals surface area (Å²) in [6, 6.07) is 12.4. The van der Waals surface area contributed by atoms with Gasteiger partial charge >= 0.3 is 0 Å². The zero-order valence-corrected chi connectivity index (χ0v) is 21.9. The van der Waals surface area contributed by atoms with Crippen molar-refractivity contribution in [1.29, 1.82) is 0 Å². The molecule has 7 heteroatoms. The third-order valence-electron chi connectivity index (χ3n) is 5.20. The highest BCUT2D eigenvalue weighted by Crippen LogP contribution is 2.29. The molecule has 0 spiro atoms. The number of nitrogens with zero attached hydrogens (tertiary/aromatic N) is 1. The van der Waals surface area contributed by atoms with Gasteiger partial charge in [0.2, 0.25) is 11.8 Å². The average Bonchev–Trinajstić information content (AvgIpc) is 2.77. The van der Waals surface area contributed by atoms with Gasteiger partial charge < -0.3 is 19.7 Å². The Morgan fingerprint density at radius 3 is 2.29 bits per heavy atom. The van der Waals surface area contributed by atoms with E-state index in [1.165, 1.54) is 0 Å². The Balaban J connectivity index is 2.21. The number of rotatable bonds is 11. The number of carbonyl (C=O) groups excluding carboxylic acids is 2. The minimum atomic E-state index is -0.651. The van der Waals surface area contributed by atoms with Crippen LogP contribution in [0.2, 0.25) is 5.02 Å². The second kappa shape index (κ2) is 12.7. The topological polar surface area (TPSA) is 67.9 Å². The first-order valence-electron chi connectivity index (χ1n) is 11.8. The van der Waals surface area contributed by atoms with Crippen molar-refractivity contribution in [2.75, 3.05) is 13.2 Å². The number of aryl methyl sites for hydroxylation is 1. The van der Waals surface area contributed by atoms with Gasteiger partial charge in [-0.25, -0.2) is 0 Å². The maximum atomic E-state index is 13.4. The van der Waals surface area contributed by atoms with E-state index in [2.05, 4.69) is 5.32 Å². The summed E-state index contributed by atoms with van der Waals surface area (Å²) in [6.07, 6.45) is 0.759. The maximum Gasteiger partial charge on any atom is 0.242 e. The molecular weight excluding hydrogens is 452 g/mol. The summed E-state index contributed by atoms with van der Waals surface area (Å²) in [5.41, 5.74) is 1.36. The van der Waals surface area contributed by atoms with E-state index >= 15 is 0 Å². The highest BCUT2D eigenvalue weighted by atomic mass is 35.5. The van der Waals surface area contributed by atoms with Crippen LogP contribution in [-0.2, 0) is 22.6 Å². The average molecular weight is 489 g/mol. The molecule has 6 nitrogen and oxygen atoms in total. The summed E-state index contributed by atoms with van der Waals surface area (Å²) in [4.78, 5) is 27.9. The fourth-order valence-electron chi connectivity index (χ4n) is 3.51. The van der Waals surface area contributed by atoms with E-state index in [1.807, 2.05) is 71.0 Å². The van der Waals surface area contributed by atoms with Crippen LogP contribution >= 0.6 is 11.6 Å². The molecule has 2 aromatic rings. The fourth-order valence-corrected chi connectivity index (χ4v) is 3.71. The van der Waals surface area contributed by atoms with Crippen LogP contribution in [0.3, 0.4) is 0 Å². The number of hydrogen-bond donors (Lipinski definition) is 1. The molecule has 0 bridgehead atoms. The second-order valence-electron chi connectivity index (χ2n) is 9.18. The normalized spacial score (nSPS) is 12.1. The second-order valence-corrected chi connectivity index (χ2v) is 9.58. The lowest BCUT2D eigenvalue weighted by molar-refractivity contribution is -0.141. The van der Waals surface area contributed by atoms with E-state index in [4.69, 9.17) is 21.1 Å². The van der Waals surface area contributed by atoms with Crippen molar-refractivity contribution in [2.45, 2.75) is 72.5 Å². The number of amides is 2. The molecule has 0 unspecified atom stereocenters. The van der Waals surface area contributed by atoms with Crippen molar-refractivity contribution in [1.82, 2.24) is 10.2 Å². The van der Waals surface area contributed by atoms with Gasteiger partial charge in [0.25, 0.3) is 0 Å². The summed E-state index contributed by atoms with van der Waals surface area (Å²) in [7, 11) is 0. The molecular formula is C27H37ClN2O4. The molecule has 186 valence electrons. The smallest absolute Gasteiger partial charge is 0.242 e. The minimum absolute atomic E-state index is 0.122. The zero-order chi connectivity index (χ0) is 25.3. The Morgan fingerprint density at radius 2 is 1.68 bits per heavy atom. The first kappa shape index (κ1) is 27.5. The monoisotopic (exact) mass is 488 g/mol. The van der Waals surface area contributed by atoms with E-state index in [-0.39, 0.29) is 24.8 Å². The molecule has 34 heavy (non-hydrogen) atoms. The van der Waals surface area contributed by atoms with Crippen molar-refractivity contribution in [3.8, 4) is 11.5 Å². The third kappa shape index (κ3) is 8.24. The highest BCUT2D eigenvalue weighted by molar-refractivity contribution is 6.31. The summed E-state index contributed by atoms with van der Waals surface area (Å²) in [6.45, 7) is 12.7. The van der Waals surface area contributed by atoms with E-state index in [1.54, 1.807) is 17.9 Å². The van der Waals surface area contributed by atoms with Crippen LogP contribution in [0.1, 0.15) is 59.1 Å². The van der Waals surface area contributed by atoms with Crippen LogP contribution in [0.25, 0.3) is 0 Å². The van der Waals surface area contributed by atoms with Crippen molar-refractivity contribution in [2.24, 2.45) is 0 Å². The van der Waals surface area contributed by atoms with Crippen LogP contribution in [0.4, 0.5) is 0 Å². The van der Waals surface area contributed by atoms with Gasteiger partial charge in [-0.05, 0) is 77.3 Å².